The van der Waals surface area contributed by atoms with Gasteiger partial charge in [-0.05, 0) is 62.4 Å². The van der Waals surface area contributed by atoms with Crippen molar-refractivity contribution in [3.8, 4) is 0 Å². The number of thiazole rings is 1. The molecule has 2 N–H and O–H groups in total. The van der Waals surface area contributed by atoms with E-state index in [-0.39, 0.29) is 28.0 Å². The van der Waals surface area contributed by atoms with Crippen LogP contribution in [0.2, 0.25) is 0 Å². The lowest BCUT2D eigenvalue weighted by molar-refractivity contribution is -0.179. The number of carbonyl (C=O) groups is 5. The molecule has 1 fully saturated rings. The number of thioether (sulfide) groups is 2. The SMILES string of the molecule is CC(=O)SC1=C(C(=O)OC(c2ccccc2)c2ccccc2)N2C(=O)C(NC(=O)/C(=N\OC(C)(C)C(=O)OC(C)(C)C)c3csc(NC(c4ccccc4)(c4ccccc4)c4ccccc4)n3)[C@@H]2SC1. The van der Waals surface area contributed by atoms with Gasteiger partial charge >= 0.3 is 11.9 Å². The molecule has 8 rings (SSSR count). The van der Waals surface area contributed by atoms with Gasteiger partial charge in [0, 0.05) is 23.0 Å². The maximum Gasteiger partial charge on any atom is 0.356 e. The van der Waals surface area contributed by atoms with E-state index in [1.165, 1.54) is 48.8 Å². The van der Waals surface area contributed by atoms with E-state index in [1.807, 2.05) is 152 Å². The first-order valence-electron chi connectivity index (χ1n) is 22.4. The van der Waals surface area contributed by atoms with Crippen LogP contribution in [-0.4, -0.2) is 72.8 Å². The van der Waals surface area contributed by atoms with Crippen molar-refractivity contribution in [1.29, 1.82) is 0 Å². The third-order valence-corrected chi connectivity index (χ3v) is 14.3. The number of nitrogens with one attached hydrogen (secondary N) is 2. The van der Waals surface area contributed by atoms with E-state index in [1.54, 1.807) is 26.2 Å². The lowest BCUT2D eigenvalue weighted by Crippen LogP contribution is -2.71. The average Bonchev–Trinajstić information content (AvgIpc) is 3.82. The van der Waals surface area contributed by atoms with Gasteiger partial charge < -0.3 is 24.9 Å². The van der Waals surface area contributed by atoms with E-state index >= 15 is 0 Å². The van der Waals surface area contributed by atoms with Crippen LogP contribution in [0.1, 0.15) is 81.2 Å². The second-order valence-corrected chi connectivity index (χ2v) is 21.1. The Morgan fingerprint density at radius 1 is 0.757 bits per heavy atom. The van der Waals surface area contributed by atoms with Crippen LogP contribution >= 0.6 is 34.9 Å². The van der Waals surface area contributed by atoms with Crippen molar-refractivity contribution in [1.82, 2.24) is 15.2 Å². The highest BCUT2D eigenvalue weighted by Gasteiger charge is 2.55. The molecule has 6 aromatic rings. The van der Waals surface area contributed by atoms with Crippen LogP contribution in [0.15, 0.2) is 173 Å². The van der Waals surface area contributed by atoms with E-state index in [0.717, 1.165) is 28.5 Å². The fraction of sp³-hybridized carbons (Fsp3) is 0.241. The molecule has 2 aliphatic rings. The maximum atomic E-state index is 14.7. The van der Waals surface area contributed by atoms with Crippen LogP contribution in [0, 0.1) is 0 Å². The summed E-state index contributed by atoms with van der Waals surface area (Å²) in [5.74, 6) is -2.79. The lowest BCUT2D eigenvalue weighted by atomic mass is 9.77. The van der Waals surface area contributed by atoms with E-state index in [9.17, 15) is 24.0 Å². The fourth-order valence-electron chi connectivity index (χ4n) is 7.97. The molecule has 0 radical (unpaired) electrons. The number of carbonyl (C=O) groups excluding carboxylic acids is 5. The van der Waals surface area contributed by atoms with Crippen molar-refractivity contribution >= 4 is 74.6 Å². The molecule has 16 heteroatoms. The molecule has 358 valence electrons. The van der Waals surface area contributed by atoms with Gasteiger partial charge in [0.15, 0.2) is 22.1 Å². The van der Waals surface area contributed by atoms with Crippen molar-refractivity contribution < 1.29 is 38.3 Å². The normalized spacial score (nSPS) is 16.2. The number of oxime groups is 1. The topological polar surface area (TPSA) is 166 Å². The first-order valence-corrected chi connectivity index (χ1v) is 25.2. The summed E-state index contributed by atoms with van der Waals surface area (Å²) >= 11 is 3.36. The van der Waals surface area contributed by atoms with E-state index in [4.69, 9.17) is 19.3 Å². The molecule has 0 saturated carbocycles. The summed E-state index contributed by atoms with van der Waals surface area (Å²) in [6.07, 6.45) is -0.828. The van der Waals surface area contributed by atoms with E-state index < -0.39 is 58.0 Å². The first kappa shape index (κ1) is 49.4. The Kier molecular flexibility index (Phi) is 14.8. The zero-order valence-electron chi connectivity index (χ0n) is 39.3. The second-order valence-electron chi connectivity index (χ2n) is 17.9. The number of esters is 2. The summed E-state index contributed by atoms with van der Waals surface area (Å²) in [6.45, 7) is 9.50. The van der Waals surface area contributed by atoms with Gasteiger partial charge in [-0.15, -0.1) is 23.1 Å². The molecule has 1 aromatic heterocycles. The summed E-state index contributed by atoms with van der Waals surface area (Å²) in [5.41, 5.74) is 0.422. The minimum atomic E-state index is -1.66. The number of rotatable bonds is 16. The minimum Gasteiger partial charge on any atom is -0.457 e. The number of fused-ring (bicyclic) bond motifs is 1. The number of benzene rings is 5. The molecule has 13 nitrogen and oxygen atoms in total. The Morgan fingerprint density at radius 3 is 1.74 bits per heavy atom. The fourth-order valence-corrected chi connectivity index (χ4v) is 11.0. The lowest BCUT2D eigenvalue weighted by Gasteiger charge is -2.49. The molecule has 1 unspecified atom stereocenters. The first-order chi connectivity index (χ1) is 33.6. The van der Waals surface area contributed by atoms with Gasteiger partial charge in [-0.3, -0.25) is 19.3 Å². The molecule has 2 atom stereocenters. The molecular weight excluding hydrogens is 943 g/mol. The molecule has 3 heterocycles. The summed E-state index contributed by atoms with van der Waals surface area (Å²) < 4.78 is 11.8. The zero-order valence-corrected chi connectivity index (χ0v) is 41.7. The van der Waals surface area contributed by atoms with Gasteiger partial charge in [0.2, 0.25) is 5.60 Å². The molecule has 70 heavy (non-hydrogen) atoms. The number of β-lactam (4-membered cyclic amide) rings is 1. The molecule has 2 amide bonds. The predicted molar refractivity (Wildman–Crippen MR) is 274 cm³/mol. The molecule has 0 aliphatic carbocycles. The van der Waals surface area contributed by atoms with E-state index in [0.29, 0.717) is 21.2 Å². The Bertz CT molecular complexity index is 2790. The Labute approximate surface area is 419 Å². The van der Waals surface area contributed by atoms with Gasteiger partial charge in [-0.2, -0.15) is 0 Å². The molecular formula is C54H51N5O8S3. The van der Waals surface area contributed by atoms with Crippen molar-refractivity contribution in [3.63, 3.8) is 0 Å². The van der Waals surface area contributed by atoms with Gasteiger partial charge in [0.05, 0.1) is 0 Å². The summed E-state index contributed by atoms with van der Waals surface area (Å²) in [4.78, 5) is 81.8. The predicted octanol–water partition coefficient (Wildman–Crippen LogP) is 9.61. The summed E-state index contributed by atoms with van der Waals surface area (Å²) in [5, 5.41) is 11.8. The van der Waals surface area contributed by atoms with Gasteiger partial charge in [0.25, 0.3) is 11.8 Å². The minimum absolute atomic E-state index is 0.0680. The highest BCUT2D eigenvalue weighted by Crippen LogP contribution is 2.45. The quantitative estimate of drug-likeness (QED) is 0.0311. The number of hydrogen-bond acceptors (Lipinski definition) is 14. The summed E-state index contributed by atoms with van der Waals surface area (Å²) in [7, 11) is 0. The average molecular weight is 994 g/mol. The number of amides is 2. The van der Waals surface area contributed by atoms with Gasteiger partial charge in [0.1, 0.15) is 33.9 Å². The number of anilines is 1. The Hall–Kier alpha value is -7.01. The number of hydrogen-bond donors (Lipinski definition) is 2. The number of ether oxygens (including phenoxy) is 2. The van der Waals surface area contributed by atoms with Crippen molar-refractivity contribution in [2.75, 3.05) is 11.1 Å². The van der Waals surface area contributed by atoms with Crippen molar-refractivity contribution in [2.45, 2.75) is 75.8 Å². The van der Waals surface area contributed by atoms with Crippen LogP contribution in [0.3, 0.4) is 0 Å². The van der Waals surface area contributed by atoms with Crippen LogP contribution in [0.5, 0.6) is 0 Å². The standard InChI is InChI=1S/C54H51N5O8S3/c1-34(60)70-41-33-68-48-43(47(62)59(48)44(41)49(63)65-45(35-22-12-7-13-23-35)36-24-14-8-15-25-36)56-46(61)42(58-67-53(5,6)50(64)66-52(2,3)4)40-32-69-51(55-40)57-54(37-26-16-9-17-27-37,38-28-18-10-19-29-38)39-30-20-11-21-31-39/h7-32,43,45,48H,33H2,1-6H3,(H,55,57)(H,56,61)/b58-42-/t43?,48-/m0/s1. The smallest absolute Gasteiger partial charge is 0.356 e. The molecule has 0 spiro atoms. The largest absolute Gasteiger partial charge is 0.457 e. The van der Waals surface area contributed by atoms with Crippen LogP contribution in [0.4, 0.5) is 5.13 Å². The van der Waals surface area contributed by atoms with Crippen LogP contribution in [0.25, 0.3) is 0 Å². The number of aromatic nitrogens is 1. The van der Waals surface area contributed by atoms with Crippen LogP contribution in [-0.2, 0) is 43.8 Å². The molecule has 0 bridgehead atoms. The monoisotopic (exact) mass is 993 g/mol. The maximum absolute atomic E-state index is 14.7. The second kappa shape index (κ2) is 20.9. The van der Waals surface area contributed by atoms with Gasteiger partial charge in [-0.25, -0.2) is 14.6 Å². The zero-order chi connectivity index (χ0) is 49.6. The third kappa shape index (κ3) is 10.7. The van der Waals surface area contributed by atoms with E-state index in [2.05, 4.69) is 15.8 Å². The summed E-state index contributed by atoms with van der Waals surface area (Å²) in [6, 6.07) is 47.1. The molecule has 1 saturated heterocycles. The van der Waals surface area contributed by atoms with Crippen molar-refractivity contribution in [2.24, 2.45) is 5.16 Å². The Balaban J connectivity index is 1.12. The number of nitrogens with zero attached hydrogens (tertiary/aromatic N) is 3. The highest BCUT2D eigenvalue weighted by molar-refractivity contribution is 8.17. The van der Waals surface area contributed by atoms with Crippen molar-refractivity contribution in [3.05, 3.63) is 201 Å². The third-order valence-electron chi connectivity index (χ3n) is 11.2. The van der Waals surface area contributed by atoms with Gasteiger partial charge in [-0.1, -0.05) is 169 Å². The highest BCUT2D eigenvalue weighted by atomic mass is 32.2. The molecule has 2 aliphatic heterocycles. The van der Waals surface area contributed by atoms with Crippen LogP contribution < -0.4 is 10.6 Å². The Morgan fingerprint density at radius 2 is 1.26 bits per heavy atom. The molecule has 5 aromatic carbocycles.